The molecule has 1 amide bonds. The van der Waals surface area contributed by atoms with E-state index in [1.54, 1.807) is 0 Å². The topological polar surface area (TPSA) is 75.6 Å². The molecule has 1 unspecified atom stereocenters. The Hall–Kier alpha value is -1.26. The molecule has 0 aromatic heterocycles. The highest BCUT2D eigenvalue weighted by molar-refractivity contribution is 5.86. The van der Waals surface area contributed by atoms with Crippen molar-refractivity contribution >= 4 is 12.1 Å². The number of carboxylic acid groups (broad SMARTS) is 1. The van der Waals surface area contributed by atoms with Gasteiger partial charge in [-0.2, -0.15) is 0 Å². The molecule has 2 N–H and O–H groups in total. The van der Waals surface area contributed by atoms with Crippen LogP contribution in [0.25, 0.3) is 0 Å². The van der Waals surface area contributed by atoms with E-state index >= 15 is 0 Å². The third-order valence-electron chi connectivity index (χ3n) is 2.37. The quantitative estimate of drug-likeness (QED) is 0.611. The highest BCUT2D eigenvalue weighted by Gasteiger charge is 2.57. The van der Waals surface area contributed by atoms with E-state index < -0.39 is 17.7 Å². The molecule has 0 bridgehead atoms. The number of ether oxygens (including phenoxy) is 1. The van der Waals surface area contributed by atoms with Gasteiger partial charge in [0.05, 0.1) is 6.54 Å². The molecule has 5 heteroatoms. The fourth-order valence-corrected chi connectivity index (χ4v) is 1.51. The molecule has 1 heterocycles. The van der Waals surface area contributed by atoms with E-state index in [0.717, 1.165) is 12.8 Å². The Kier molecular flexibility index (Phi) is 1.31. The van der Waals surface area contributed by atoms with Gasteiger partial charge < -0.3 is 15.2 Å². The second-order valence-electron chi connectivity index (χ2n) is 3.21. The molecular formula is C7H9NO4. The van der Waals surface area contributed by atoms with Crippen LogP contribution >= 0.6 is 0 Å². The van der Waals surface area contributed by atoms with Crippen LogP contribution in [-0.2, 0) is 9.53 Å². The number of amides is 1. The van der Waals surface area contributed by atoms with Crippen molar-refractivity contribution in [2.75, 3.05) is 6.54 Å². The molecule has 1 aliphatic heterocycles. The smallest absolute Gasteiger partial charge is 0.408 e. The standard InChI is InChI=1S/C7H9NO4/c9-5(10)7(4-1-2-4)3-8-6(11)12-7/h4H,1-3H2,(H,8,11)(H,9,10). The van der Waals surface area contributed by atoms with Crippen molar-refractivity contribution < 1.29 is 19.4 Å². The van der Waals surface area contributed by atoms with Gasteiger partial charge in [0.25, 0.3) is 0 Å². The van der Waals surface area contributed by atoms with E-state index in [1.165, 1.54) is 0 Å². The Morgan fingerprint density at radius 2 is 2.33 bits per heavy atom. The minimum atomic E-state index is -1.27. The summed E-state index contributed by atoms with van der Waals surface area (Å²) >= 11 is 0. The zero-order chi connectivity index (χ0) is 8.77. The van der Waals surface area contributed by atoms with Crippen LogP contribution in [0.3, 0.4) is 0 Å². The Bertz CT molecular complexity index is 248. The van der Waals surface area contributed by atoms with Gasteiger partial charge in [0.2, 0.25) is 5.60 Å². The first-order valence-corrected chi connectivity index (χ1v) is 3.85. The van der Waals surface area contributed by atoms with Crippen molar-refractivity contribution in [3.63, 3.8) is 0 Å². The maximum Gasteiger partial charge on any atom is 0.408 e. The van der Waals surface area contributed by atoms with Gasteiger partial charge in [-0.25, -0.2) is 9.59 Å². The molecule has 1 atom stereocenters. The third kappa shape index (κ3) is 0.855. The molecule has 66 valence electrons. The fourth-order valence-electron chi connectivity index (χ4n) is 1.51. The van der Waals surface area contributed by atoms with Gasteiger partial charge in [0.15, 0.2) is 0 Å². The third-order valence-corrected chi connectivity index (χ3v) is 2.37. The number of nitrogens with one attached hydrogen (secondary N) is 1. The number of rotatable bonds is 2. The average molecular weight is 171 g/mol. The molecule has 2 aliphatic rings. The van der Waals surface area contributed by atoms with E-state index in [1.807, 2.05) is 0 Å². The summed E-state index contributed by atoms with van der Waals surface area (Å²) in [5, 5.41) is 11.2. The Morgan fingerprint density at radius 3 is 2.67 bits per heavy atom. The number of carboxylic acids is 1. The highest BCUT2D eigenvalue weighted by atomic mass is 16.6. The van der Waals surface area contributed by atoms with Gasteiger partial charge in [-0.3, -0.25) is 0 Å². The van der Waals surface area contributed by atoms with Crippen LogP contribution in [0, 0.1) is 5.92 Å². The van der Waals surface area contributed by atoms with Crippen LogP contribution in [0.4, 0.5) is 4.79 Å². The summed E-state index contributed by atoms with van der Waals surface area (Å²) in [6, 6.07) is 0. The largest absolute Gasteiger partial charge is 0.478 e. The maximum atomic E-state index is 10.8. The SMILES string of the molecule is O=C1NCC(C(=O)O)(C2CC2)O1. The predicted molar refractivity (Wildman–Crippen MR) is 37.6 cm³/mol. The van der Waals surface area contributed by atoms with Crippen LogP contribution < -0.4 is 5.32 Å². The Labute approximate surface area is 68.7 Å². The van der Waals surface area contributed by atoms with E-state index in [4.69, 9.17) is 9.84 Å². The lowest BCUT2D eigenvalue weighted by atomic mass is 9.99. The molecule has 1 saturated heterocycles. The lowest BCUT2D eigenvalue weighted by Crippen LogP contribution is -2.44. The van der Waals surface area contributed by atoms with Gasteiger partial charge in [0, 0.05) is 5.92 Å². The number of carbonyl (C=O) groups is 2. The van der Waals surface area contributed by atoms with Crippen LogP contribution in [0.5, 0.6) is 0 Å². The first-order valence-electron chi connectivity index (χ1n) is 3.85. The van der Waals surface area contributed by atoms with Crippen molar-refractivity contribution in [1.29, 1.82) is 0 Å². The molecule has 1 saturated carbocycles. The average Bonchev–Trinajstić information content (AvgIpc) is 2.76. The lowest BCUT2D eigenvalue weighted by molar-refractivity contribution is -0.156. The van der Waals surface area contributed by atoms with Gasteiger partial charge >= 0.3 is 12.1 Å². The molecule has 0 radical (unpaired) electrons. The minimum Gasteiger partial charge on any atom is -0.478 e. The molecule has 12 heavy (non-hydrogen) atoms. The van der Waals surface area contributed by atoms with E-state index in [-0.39, 0.29) is 12.5 Å². The number of hydrogen-bond donors (Lipinski definition) is 2. The molecule has 2 rings (SSSR count). The van der Waals surface area contributed by atoms with Gasteiger partial charge in [-0.15, -0.1) is 0 Å². The highest BCUT2D eigenvalue weighted by Crippen LogP contribution is 2.43. The van der Waals surface area contributed by atoms with Crippen LogP contribution in [0.1, 0.15) is 12.8 Å². The number of cyclic esters (lactones) is 1. The summed E-state index contributed by atoms with van der Waals surface area (Å²) in [6.45, 7) is 0.103. The summed E-state index contributed by atoms with van der Waals surface area (Å²) in [5.74, 6) is -1.03. The van der Waals surface area contributed by atoms with Crippen LogP contribution in [0.2, 0.25) is 0 Å². The summed E-state index contributed by atoms with van der Waals surface area (Å²) in [4.78, 5) is 21.5. The van der Waals surface area contributed by atoms with Crippen molar-refractivity contribution in [2.45, 2.75) is 18.4 Å². The maximum absolute atomic E-state index is 10.8. The van der Waals surface area contributed by atoms with E-state index in [2.05, 4.69) is 5.32 Å². The number of carbonyl (C=O) groups excluding carboxylic acids is 1. The van der Waals surface area contributed by atoms with E-state index in [0.29, 0.717) is 0 Å². The minimum absolute atomic E-state index is 0.00829. The predicted octanol–water partition coefficient (Wildman–Crippen LogP) is -0.0404. The molecule has 0 spiro atoms. The lowest BCUT2D eigenvalue weighted by Gasteiger charge is -2.19. The summed E-state index contributed by atoms with van der Waals surface area (Å²) in [7, 11) is 0. The second kappa shape index (κ2) is 2.12. The van der Waals surface area contributed by atoms with Crippen molar-refractivity contribution in [1.82, 2.24) is 5.32 Å². The summed E-state index contributed by atoms with van der Waals surface area (Å²) < 4.78 is 4.78. The second-order valence-corrected chi connectivity index (χ2v) is 3.21. The van der Waals surface area contributed by atoms with Crippen molar-refractivity contribution in [3.8, 4) is 0 Å². The molecule has 1 aliphatic carbocycles. The molecular weight excluding hydrogens is 162 g/mol. The van der Waals surface area contributed by atoms with Crippen molar-refractivity contribution in [2.24, 2.45) is 5.92 Å². The van der Waals surface area contributed by atoms with Crippen molar-refractivity contribution in [3.05, 3.63) is 0 Å². The molecule has 2 fully saturated rings. The monoisotopic (exact) mass is 171 g/mol. The number of hydrogen-bond acceptors (Lipinski definition) is 3. The Morgan fingerprint density at radius 1 is 1.67 bits per heavy atom. The van der Waals surface area contributed by atoms with Gasteiger partial charge in [-0.05, 0) is 12.8 Å². The van der Waals surface area contributed by atoms with Gasteiger partial charge in [-0.1, -0.05) is 0 Å². The molecule has 0 aromatic rings. The zero-order valence-electron chi connectivity index (χ0n) is 6.37. The number of aliphatic carboxylic acids is 1. The van der Waals surface area contributed by atoms with Gasteiger partial charge in [0.1, 0.15) is 0 Å². The molecule has 5 nitrogen and oxygen atoms in total. The number of alkyl carbamates (subject to hydrolysis) is 1. The summed E-state index contributed by atoms with van der Waals surface area (Å²) in [6.07, 6.45) is 1.05. The van der Waals surface area contributed by atoms with E-state index in [9.17, 15) is 9.59 Å². The Balaban J connectivity index is 2.22. The first-order chi connectivity index (χ1) is 5.65. The zero-order valence-corrected chi connectivity index (χ0v) is 6.37. The fraction of sp³-hybridized carbons (Fsp3) is 0.714. The first kappa shape index (κ1) is 7.39. The van der Waals surface area contributed by atoms with Crippen LogP contribution in [-0.4, -0.2) is 29.3 Å². The summed E-state index contributed by atoms with van der Waals surface area (Å²) in [5.41, 5.74) is -1.27. The molecule has 0 aromatic carbocycles. The normalized spacial score (nSPS) is 34.2. The van der Waals surface area contributed by atoms with Crippen LogP contribution in [0.15, 0.2) is 0 Å².